The lowest BCUT2D eigenvalue weighted by atomic mass is 9.87. The summed E-state index contributed by atoms with van der Waals surface area (Å²) in [7, 11) is 1.47. The minimum Gasteiger partial charge on any atom is -0.448 e. The SMILES string of the molecule is CNC(=O)OCC(NC(O)NC(C(=O)N1CC2[C@@H]([C@H]1C(=O)NC(CC1CC1)C(=O)C(N)=O)C2(C)C)C1Cc2ccccc2C1)C(C)(C)C. The number of nitrogens with zero attached hydrogens (tertiary/aromatic N) is 1. The largest absolute Gasteiger partial charge is 0.448 e. The fourth-order valence-electron chi connectivity index (χ4n) is 7.76. The number of amides is 4. The topological polar surface area (TPSA) is 192 Å². The van der Waals surface area contributed by atoms with Crippen LogP contribution >= 0.6 is 0 Å². The molecule has 13 heteroatoms. The number of carbonyl (C=O) groups excluding carboxylic acids is 5. The van der Waals surface area contributed by atoms with Gasteiger partial charge in [0.2, 0.25) is 17.6 Å². The number of ether oxygens (including phenoxy) is 1. The predicted octanol–water partition coefficient (Wildman–Crippen LogP) is 0.818. The number of benzene rings is 1. The minimum atomic E-state index is -1.35. The average molecular weight is 669 g/mol. The number of nitrogens with one attached hydrogen (secondary N) is 4. The van der Waals surface area contributed by atoms with Crippen LogP contribution in [0, 0.1) is 34.5 Å². The van der Waals surface area contributed by atoms with Crippen LogP contribution in [0.15, 0.2) is 24.3 Å². The van der Waals surface area contributed by atoms with Crippen molar-refractivity contribution in [2.45, 2.75) is 97.2 Å². The predicted molar refractivity (Wildman–Crippen MR) is 177 cm³/mol. The van der Waals surface area contributed by atoms with Crippen molar-refractivity contribution in [3.05, 3.63) is 35.4 Å². The fraction of sp³-hybridized carbons (Fsp3) is 0.686. The first kappa shape index (κ1) is 35.7. The molecule has 3 aliphatic carbocycles. The first-order chi connectivity index (χ1) is 22.5. The average Bonchev–Trinajstić information content (AvgIpc) is 3.78. The molecule has 1 saturated heterocycles. The van der Waals surface area contributed by atoms with Gasteiger partial charge in [0.05, 0.1) is 12.1 Å². The molecule has 48 heavy (non-hydrogen) atoms. The Hall–Kier alpha value is -3.55. The van der Waals surface area contributed by atoms with E-state index in [1.807, 2.05) is 45.0 Å². The number of fused-ring (bicyclic) bond motifs is 2. The van der Waals surface area contributed by atoms with Gasteiger partial charge in [-0.25, -0.2) is 4.79 Å². The summed E-state index contributed by atoms with van der Waals surface area (Å²) >= 11 is 0. The summed E-state index contributed by atoms with van der Waals surface area (Å²) < 4.78 is 5.30. The van der Waals surface area contributed by atoms with E-state index in [0.29, 0.717) is 25.8 Å². The second kappa shape index (κ2) is 13.8. The Bertz CT molecular complexity index is 1400. The molecule has 3 fully saturated rings. The highest BCUT2D eigenvalue weighted by atomic mass is 16.5. The second-order valence-electron chi connectivity index (χ2n) is 15.8. The van der Waals surface area contributed by atoms with Crippen LogP contribution in [-0.2, 0) is 36.8 Å². The normalized spacial score (nSPS) is 25.2. The van der Waals surface area contributed by atoms with Crippen molar-refractivity contribution in [1.82, 2.24) is 26.2 Å². The third-order valence-corrected chi connectivity index (χ3v) is 11.0. The lowest BCUT2D eigenvalue weighted by Crippen LogP contribution is -2.63. The second-order valence-corrected chi connectivity index (χ2v) is 15.8. The van der Waals surface area contributed by atoms with Crippen LogP contribution in [0.3, 0.4) is 0 Å². The number of aliphatic hydroxyl groups is 1. The fourth-order valence-corrected chi connectivity index (χ4v) is 7.76. The Balaban J connectivity index is 1.38. The highest BCUT2D eigenvalue weighted by Gasteiger charge is 2.69. The first-order valence-corrected chi connectivity index (χ1v) is 17.1. The van der Waals surface area contributed by atoms with Gasteiger partial charge in [0.1, 0.15) is 12.6 Å². The van der Waals surface area contributed by atoms with Crippen LogP contribution in [-0.4, -0.2) is 90.3 Å². The number of hydrogen-bond donors (Lipinski definition) is 6. The van der Waals surface area contributed by atoms with Crippen molar-refractivity contribution < 1.29 is 33.8 Å². The van der Waals surface area contributed by atoms with Crippen molar-refractivity contribution in [2.75, 3.05) is 20.2 Å². The Morgan fingerprint density at radius 3 is 2.23 bits per heavy atom. The third kappa shape index (κ3) is 7.68. The van der Waals surface area contributed by atoms with Crippen LogP contribution < -0.4 is 27.0 Å². The van der Waals surface area contributed by atoms with Crippen LogP contribution in [0.2, 0.25) is 0 Å². The Morgan fingerprint density at radius 1 is 1.06 bits per heavy atom. The molecular weight excluding hydrogens is 616 g/mol. The molecule has 5 unspecified atom stereocenters. The summed E-state index contributed by atoms with van der Waals surface area (Å²) in [6.45, 7) is 10.3. The van der Waals surface area contributed by atoms with E-state index in [4.69, 9.17) is 10.5 Å². The van der Waals surface area contributed by atoms with E-state index in [9.17, 15) is 29.1 Å². The molecule has 4 amide bonds. The number of Topliss-reactive ketones (excluding diaryl/α,β-unsaturated/α-hetero) is 1. The van der Waals surface area contributed by atoms with E-state index in [2.05, 4.69) is 35.1 Å². The zero-order chi connectivity index (χ0) is 35.1. The lowest BCUT2D eigenvalue weighted by molar-refractivity contribution is -0.145. The molecule has 1 heterocycles. The molecule has 7 N–H and O–H groups in total. The standard InChI is InChI=1S/C35H52N6O7/c1-34(2,3)24(17-48-33(47)37-6)39-32(46)40-26(21-14-19-9-7-8-10-20(19)15-21)31(45)41-16-22-25(35(22,4)5)27(41)30(44)38-23(13-18-11-12-18)28(42)29(36)43/h7-10,18,21-27,32,39-40,46H,11-17H2,1-6H3,(H2,36,43)(H,37,47)(H,38,44)/t22?,23?,24?,25-,26?,27-,32?/m0/s1. The van der Waals surface area contributed by atoms with Crippen LogP contribution in [0.5, 0.6) is 0 Å². The van der Waals surface area contributed by atoms with Gasteiger partial charge in [-0.05, 0) is 64.9 Å². The highest BCUT2D eigenvalue weighted by molar-refractivity contribution is 6.37. The van der Waals surface area contributed by atoms with E-state index in [0.717, 1.165) is 24.0 Å². The lowest BCUT2D eigenvalue weighted by Gasteiger charge is -2.38. The number of piperidine rings is 1. The maximum absolute atomic E-state index is 14.7. The third-order valence-electron chi connectivity index (χ3n) is 11.0. The number of aliphatic hydroxyl groups excluding tert-OH is 1. The quantitative estimate of drug-likeness (QED) is 0.123. The van der Waals surface area contributed by atoms with E-state index in [-0.39, 0.29) is 41.6 Å². The molecule has 1 aromatic rings. The molecule has 1 aliphatic heterocycles. The highest BCUT2D eigenvalue weighted by Crippen LogP contribution is 2.65. The maximum Gasteiger partial charge on any atom is 0.406 e. The van der Waals surface area contributed by atoms with Gasteiger partial charge in [-0.15, -0.1) is 0 Å². The molecule has 0 bridgehead atoms. The van der Waals surface area contributed by atoms with Crippen molar-refractivity contribution in [1.29, 1.82) is 0 Å². The summed E-state index contributed by atoms with van der Waals surface area (Å²) in [5.41, 5.74) is 6.99. The van der Waals surface area contributed by atoms with Crippen molar-refractivity contribution in [3.8, 4) is 0 Å². The molecule has 4 aliphatic rings. The Morgan fingerprint density at radius 2 is 1.69 bits per heavy atom. The molecule has 5 rings (SSSR count). The van der Waals surface area contributed by atoms with E-state index >= 15 is 0 Å². The molecular formula is C35H52N6O7. The molecule has 13 nitrogen and oxygen atoms in total. The summed E-state index contributed by atoms with van der Waals surface area (Å²) in [6, 6.07) is 4.78. The van der Waals surface area contributed by atoms with Crippen LogP contribution in [0.1, 0.15) is 65.0 Å². The van der Waals surface area contributed by atoms with Gasteiger partial charge in [-0.3, -0.25) is 29.8 Å². The van der Waals surface area contributed by atoms with Crippen LogP contribution in [0.25, 0.3) is 0 Å². The van der Waals surface area contributed by atoms with E-state index in [1.165, 1.54) is 7.05 Å². The summed E-state index contributed by atoms with van der Waals surface area (Å²) in [4.78, 5) is 66.7. The molecule has 0 spiro atoms. The molecule has 1 aromatic carbocycles. The van der Waals surface area contributed by atoms with Crippen molar-refractivity contribution in [2.24, 2.45) is 40.2 Å². The minimum absolute atomic E-state index is 0.0196. The van der Waals surface area contributed by atoms with Crippen LogP contribution in [0.4, 0.5) is 4.79 Å². The molecule has 7 atom stereocenters. The van der Waals surface area contributed by atoms with Gasteiger partial charge in [0.25, 0.3) is 5.91 Å². The van der Waals surface area contributed by atoms with Gasteiger partial charge < -0.3 is 31.1 Å². The van der Waals surface area contributed by atoms with Gasteiger partial charge in [0.15, 0.2) is 6.35 Å². The number of carbonyl (C=O) groups is 5. The van der Waals surface area contributed by atoms with E-state index in [1.54, 1.807) is 4.90 Å². The molecule has 2 saturated carbocycles. The smallest absolute Gasteiger partial charge is 0.406 e. The molecule has 0 aromatic heterocycles. The monoisotopic (exact) mass is 668 g/mol. The maximum atomic E-state index is 14.7. The number of hydrogen-bond acceptors (Lipinski definition) is 9. The Kier molecular flexibility index (Phi) is 10.2. The zero-order valence-electron chi connectivity index (χ0n) is 28.9. The Labute approximate surface area is 282 Å². The summed E-state index contributed by atoms with van der Waals surface area (Å²) in [5.74, 6) is -2.70. The van der Waals surface area contributed by atoms with Gasteiger partial charge >= 0.3 is 6.09 Å². The number of nitrogens with two attached hydrogens (primary N) is 1. The van der Waals surface area contributed by atoms with Gasteiger partial charge in [-0.1, -0.05) is 71.7 Å². The number of ketones is 1. The number of primary amides is 1. The number of alkyl carbamates (subject to hydrolysis) is 1. The molecule has 0 radical (unpaired) electrons. The van der Waals surface area contributed by atoms with E-state index < -0.39 is 59.6 Å². The number of rotatable bonds is 14. The first-order valence-electron chi connectivity index (χ1n) is 17.1. The van der Waals surface area contributed by atoms with Gasteiger partial charge in [0, 0.05) is 19.6 Å². The molecule has 264 valence electrons. The summed E-state index contributed by atoms with van der Waals surface area (Å²) in [6.07, 6.45) is 1.45. The number of likely N-dealkylation sites (tertiary alicyclic amines) is 1. The van der Waals surface area contributed by atoms with Gasteiger partial charge in [-0.2, -0.15) is 0 Å². The summed E-state index contributed by atoms with van der Waals surface area (Å²) in [5, 5.41) is 22.9. The van der Waals surface area contributed by atoms with Crippen molar-refractivity contribution >= 4 is 29.6 Å². The van der Waals surface area contributed by atoms with Crippen molar-refractivity contribution in [3.63, 3.8) is 0 Å². The zero-order valence-corrected chi connectivity index (χ0v) is 28.9.